The molecule has 0 aromatic rings. The van der Waals surface area contributed by atoms with Gasteiger partial charge < -0.3 is 0 Å². The van der Waals surface area contributed by atoms with Crippen LogP contribution in [0, 0.1) is 29.1 Å². The molecule has 2 rings (SSSR count). The summed E-state index contributed by atoms with van der Waals surface area (Å²) in [7, 11) is 0. The van der Waals surface area contributed by atoms with Crippen molar-refractivity contribution < 1.29 is 0 Å². The van der Waals surface area contributed by atoms with Crippen LogP contribution >= 0.6 is 0 Å². The molecule has 0 heteroatoms. The van der Waals surface area contributed by atoms with E-state index >= 15 is 0 Å². The predicted molar refractivity (Wildman–Crippen MR) is 150 cm³/mol. The van der Waals surface area contributed by atoms with Crippen molar-refractivity contribution in [2.45, 2.75) is 145 Å². The van der Waals surface area contributed by atoms with Gasteiger partial charge in [-0.15, -0.1) is 0 Å². The first-order chi connectivity index (χ1) is 15.7. The van der Waals surface area contributed by atoms with Crippen LogP contribution in [0.15, 0.2) is 34.4 Å². The lowest BCUT2D eigenvalue weighted by atomic mass is 9.60. The molecule has 0 amide bonds. The quantitative estimate of drug-likeness (QED) is 0.170. The molecular formula is C33H58. The Labute approximate surface area is 208 Å². The lowest BCUT2D eigenvalue weighted by Crippen LogP contribution is -2.34. The third-order valence-electron chi connectivity index (χ3n) is 8.95. The Bertz CT molecular complexity index is 666. The second-order valence-electron chi connectivity index (χ2n) is 12.8. The van der Waals surface area contributed by atoms with Crippen LogP contribution < -0.4 is 0 Å². The summed E-state index contributed by atoms with van der Waals surface area (Å²) in [4.78, 5) is 0. The minimum atomic E-state index is 0.632. The first-order valence-corrected chi connectivity index (χ1v) is 14.7. The Morgan fingerprint density at radius 1 is 0.939 bits per heavy atom. The van der Waals surface area contributed by atoms with Gasteiger partial charge in [-0.05, 0) is 125 Å². The average molecular weight is 455 g/mol. The first kappa shape index (κ1) is 28.5. The molecule has 3 unspecified atom stereocenters. The van der Waals surface area contributed by atoms with E-state index in [1.165, 1.54) is 89.9 Å². The smallest absolute Gasteiger partial charge is 0.0240 e. The summed E-state index contributed by atoms with van der Waals surface area (Å²) in [5, 5.41) is 0. The van der Waals surface area contributed by atoms with Gasteiger partial charge in [0.2, 0.25) is 0 Å². The van der Waals surface area contributed by atoms with E-state index in [9.17, 15) is 0 Å². The molecule has 0 bridgehead atoms. The van der Waals surface area contributed by atoms with Gasteiger partial charge in [0.15, 0.2) is 0 Å². The van der Waals surface area contributed by atoms with Gasteiger partial charge in [-0.1, -0.05) is 84.1 Å². The molecule has 0 aromatic carbocycles. The molecule has 0 N–H and O–H groups in total. The number of hydrogen-bond acceptors (Lipinski definition) is 0. The highest BCUT2D eigenvalue weighted by Gasteiger charge is 2.38. The maximum atomic E-state index is 2.63. The number of unbranched alkanes of at least 4 members (excludes halogenated alkanes) is 2. The van der Waals surface area contributed by atoms with Crippen LogP contribution in [0.4, 0.5) is 0 Å². The fourth-order valence-electron chi connectivity index (χ4n) is 6.78. The van der Waals surface area contributed by atoms with Gasteiger partial charge >= 0.3 is 0 Å². The predicted octanol–water partition coefficient (Wildman–Crippen LogP) is 11.2. The van der Waals surface area contributed by atoms with Gasteiger partial charge in [0.1, 0.15) is 0 Å². The van der Waals surface area contributed by atoms with Gasteiger partial charge in [-0.25, -0.2) is 0 Å². The maximum absolute atomic E-state index is 2.63. The molecule has 0 aromatic heterocycles. The minimum absolute atomic E-state index is 0.632. The van der Waals surface area contributed by atoms with Crippen LogP contribution in [0.3, 0.4) is 0 Å². The van der Waals surface area contributed by atoms with Crippen molar-refractivity contribution in [1.82, 2.24) is 0 Å². The van der Waals surface area contributed by atoms with Crippen LogP contribution in [0.25, 0.3) is 0 Å². The van der Waals surface area contributed by atoms with Gasteiger partial charge in [-0.2, -0.15) is 0 Å². The molecule has 2 fully saturated rings. The molecule has 2 aliphatic rings. The monoisotopic (exact) mass is 454 g/mol. The standard InChI is InChI=1S/C33H58/c1-9-11-13-25(3)16-20-32(31(14-12-10-2)21-30-19-18-28(30)6)29(7)17-15-26(4)22-33(8)23-27(5)24-33/h13-14,26-28,30H,9-12,15-24H2,1-8H3. The van der Waals surface area contributed by atoms with E-state index in [-0.39, 0.29) is 0 Å². The molecular weight excluding hydrogens is 396 g/mol. The Kier molecular flexibility index (Phi) is 12.0. The van der Waals surface area contributed by atoms with E-state index in [0.717, 1.165) is 23.7 Å². The van der Waals surface area contributed by atoms with Crippen molar-refractivity contribution >= 4 is 0 Å². The molecule has 0 heterocycles. The topological polar surface area (TPSA) is 0 Å². The second kappa shape index (κ2) is 13.9. The summed E-state index contributed by atoms with van der Waals surface area (Å²) in [6, 6.07) is 0. The van der Waals surface area contributed by atoms with Crippen molar-refractivity contribution in [3.05, 3.63) is 34.4 Å². The third-order valence-corrected chi connectivity index (χ3v) is 8.95. The summed E-state index contributed by atoms with van der Waals surface area (Å²) in [5.41, 5.74) is 7.39. The SMILES string of the molecule is CCCC=C(C)CCC(C(=CCCC)CC1CCC1C)=C(C)CCC(C)CC1(C)CC(C)C1. The van der Waals surface area contributed by atoms with E-state index < -0.39 is 0 Å². The van der Waals surface area contributed by atoms with Crippen molar-refractivity contribution in [1.29, 1.82) is 0 Å². The normalized spacial score (nSPS) is 29.9. The van der Waals surface area contributed by atoms with Crippen LogP contribution in [-0.4, -0.2) is 0 Å². The van der Waals surface area contributed by atoms with Crippen molar-refractivity contribution in [2.75, 3.05) is 0 Å². The molecule has 2 saturated carbocycles. The van der Waals surface area contributed by atoms with Crippen molar-refractivity contribution in [3.8, 4) is 0 Å². The molecule has 2 aliphatic carbocycles. The minimum Gasteiger partial charge on any atom is -0.0856 e. The fourth-order valence-corrected chi connectivity index (χ4v) is 6.78. The molecule has 0 nitrogen and oxygen atoms in total. The Hall–Kier alpha value is -0.780. The first-order valence-electron chi connectivity index (χ1n) is 14.7. The molecule has 190 valence electrons. The molecule has 0 radical (unpaired) electrons. The average Bonchev–Trinajstić information content (AvgIpc) is 2.75. The van der Waals surface area contributed by atoms with Crippen LogP contribution in [0.2, 0.25) is 0 Å². The van der Waals surface area contributed by atoms with Crippen LogP contribution in [-0.2, 0) is 0 Å². The van der Waals surface area contributed by atoms with E-state index in [4.69, 9.17) is 0 Å². The Morgan fingerprint density at radius 3 is 2.15 bits per heavy atom. The molecule has 0 spiro atoms. The Balaban J connectivity index is 2.12. The summed E-state index contributed by atoms with van der Waals surface area (Å²) >= 11 is 0. The molecule has 0 saturated heterocycles. The highest BCUT2D eigenvalue weighted by molar-refractivity contribution is 5.36. The number of allylic oxidation sites excluding steroid dienone is 6. The third kappa shape index (κ3) is 9.41. The highest BCUT2D eigenvalue weighted by atomic mass is 14.4. The maximum Gasteiger partial charge on any atom is -0.0240 e. The molecule has 33 heavy (non-hydrogen) atoms. The lowest BCUT2D eigenvalue weighted by molar-refractivity contribution is 0.0586. The van der Waals surface area contributed by atoms with Crippen LogP contribution in [0.5, 0.6) is 0 Å². The summed E-state index contributed by atoms with van der Waals surface area (Å²) in [5.74, 6) is 3.65. The van der Waals surface area contributed by atoms with E-state index in [1.54, 1.807) is 22.3 Å². The van der Waals surface area contributed by atoms with Crippen LogP contribution in [0.1, 0.15) is 145 Å². The summed E-state index contributed by atoms with van der Waals surface area (Å²) < 4.78 is 0. The summed E-state index contributed by atoms with van der Waals surface area (Å²) in [6.07, 6.45) is 23.8. The van der Waals surface area contributed by atoms with Crippen molar-refractivity contribution in [3.63, 3.8) is 0 Å². The number of hydrogen-bond donors (Lipinski definition) is 0. The van der Waals surface area contributed by atoms with Gasteiger partial charge in [0.05, 0.1) is 0 Å². The zero-order chi connectivity index (χ0) is 24.4. The second-order valence-corrected chi connectivity index (χ2v) is 12.8. The lowest BCUT2D eigenvalue weighted by Gasteiger charge is -2.45. The highest BCUT2D eigenvalue weighted by Crippen LogP contribution is 2.49. The van der Waals surface area contributed by atoms with E-state index in [2.05, 4.69) is 67.5 Å². The zero-order valence-electron chi connectivity index (χ0n) is 23.9. The zero-order valence-corrected chi connectivity index (χ0v) is 23.9. The fraction of sp³-hybridized carbons (Fsp3) is 0.818. The van der Waals surface area contributed by atoms with Gasteiger partial charge in [-0.3, -0.25) is 0 Å². The largest absolute Gasteiger partial charge is 0.0856 e. The molecule has 3 atom stereocenters. The molecule has 0 aliphatic heterocycles. The summed E-state index contributed by atoms with van der Waals surface area (Å²) in [6.45, 7) is 19.4. The van der Waals surface area contributed by atoms with Crippen molar-refractivity contribution in [2.24, 2.45) is 29.1 Å². The number of rotatable bonds is 15. The Morgan fingerprint density at radius 2 is 1.61 bits per heavy atom. The van der Waals surface area contributed by atoms with Gasteiger partial charge in [0, 0.05) is 0 Å². The van der Waals surface area contributed by atoms with Gasteiger partial charge in [0.25, 0.3) is 0 Å². The van der Waals surface area contributed by atoms with E-state index in [1.807, 2.05) is 0 Å². The van der Waals surface area contributed by atoms with E-state index in [0.29, 0.717) is 5.41 Å².